The van der Waals surface area contributed by atoms with Gasteiger partial charge < -0.3 is 9.38 Å². The summed E-state index contributed by atoms with van der Waals surface area (Å²) in [7, 11) is 2.14. The van der Waals surface area contributed by atoms with Crippen molar-refractivity contribution in [3.8, 4) is 0 Å². The lowest BCUT2D eigenvalue weighted by molar-refractivity contribution is -0.870. The van der Waals surface area contributed by atoms with E-state index in [-0.39, 0.29) is 13.2 Å². The molecule has 1 aliphatic rings. The summed E-state index contributed by atoms with van der Waals surface area (Å²) in [5.41, 5.74) is 1.62. The Balaban J connectivity index is 2.15. The van der Waals surface area contributed by atoms with Gasteiger partial charge >= 0.3 is 7.82 Å². The average Bonchev–Trinajstić information content (AvgIpc) is 2.55. The second kappa shape index (κ2) is 13.1. The van der Waals surface area contributed by atoms with Crippen LogP contribution in [0.3, 0.4) is 0 Å². The van der Waals surface area contributed by atoms with Gasteiger partial charge in [0.2, 0.25) is 0 Å². The lowest BCUT2D eigenvalue weighted by Crippen LogP contribution is -2.37. The number of hydrogen-bond donors (Lipinski definition) is 1. The Kier molecular flexibility index (Phi) is 12.0. The average molecular weight is 391 g/mol. The van der Waals surface area contributed by atoms with Gasteiger partial charge in [0.05, 0.1) is 27.7 Å². The zero-order chi connectivity index (χ0) is 19.3. The monoisotopic (exact) mass is 390 g/mol. The highest BCUT2D eigenvalue weighted by atomic mass is 31.2. The first kappa shape index (κ1) is 23.8. The molecule has 5 nitrogen and oxygen atoms in total. The summed E-state index contributed by atoms with van der Waals surface area (Å²) in [6, 6.07) is 0. The van der Waals surface area contributed by atoms with Gasteiger partial charge in [0.1, 0.15) is 13.2 Å². The molecule has 154 valence electrons. The molecule has 1 unspecified atom stereocenters. The summed E-state index contributed by atoms with van der Waals surface area (Å²) in [4.78, 5) is 9.67. The van der Waals surface area contributed by atoms with Gasteiger partial charge in [-0.2, -0.15) is 0 Å². The molecule has 0 spiro atoms. The summed E-state index contributed by atoms with van der Waals surface area (Å²) in [5, 5.41) is 0. The second-order valence-electron chi connectivity index (χ2n) is 8.48. The Morgan fingerprint density at radius 1 is 0.923 bits per heavy atom. The van der Waals surface area contributed by atoms with Crippen molar-refractivity contribution in [2.45, 2.75) is 77.0 Å². The van der Waals surface area contributed by atoms with Gasteiger partial charge in [-0.05, 0) is 44.9 Å². The quantitative estimate of drug-likeness (QED) is 0.233. The third-order valence-electron chi connectivity index (χ3n) is 4.80. The number of unbranched alkanes of at least 4 members (excludes halogenated alkanes) is 2. The van der Waals surface area contributed by atoms with Gasteiger partial charge in [0.25, 0.3) is 0 Å². The number of rotatable bonds is 10. The molecule has 0 amide bonds. The summed E-state index contributed by atoms with van der Waals surface area (Å²) >= 11 is 0. The third-order valence-corrected chi connectivity index (χ3v) is 5.82. The maximum atomic E-state index is 11.8. The van der Waals surface area contributed by atoms with Crippen molar-refractivity contribution >= 4 is 7.82 Å². The fraction of sp³-hybridized carbons (Fsp3) is 0.900. The lowest BCUT2D eigenvalue weighted by Gasteiger charge is -2.24. The van der Waals surface area contributed by atoms with Crippen molar-refractivity contribution in [3.63, 3.8) is 0 Å². The van der Waals surface area contributed by atoms with E-state index < -0.39 is 7.82 Å². The molecule has 1 saturated carbocycles. The van der Waals surface area contributed by atoms with Crippen LogP contribution >= 0.6 is 7.82 Å². The van der Waals surface area contributed by atoms with Gasteiger partial charge in [0.15, 0.2) is 0 Å². The smallest absolute Gasteiger partial charge is 0.329 e. The number of phosphoric ester groups is 1. The van der Waals surface area contributed by atoms with E-state index in [4.69, 9.17) is 9.05 Å². The van der Waals surface area contributed by atoms with E-state index in [1.165, 1.54) is 57.8 Å². The Morgan fingerprint density at radius 2 is 1.46 bits per heavy atom. The molecule has 0 aromatic heterocycles. The van der Waals surface area contributed by atoms with Crippen molar-refractivity contribution in [2.24, 2.45) is 0 Å². The molecule has 0 aliphatic heterocycles. The van der Waals surface area contributed by atoms with Crippen molar-refractivity contribution < 1.29 is 23.0 Å². The zero-order valence-corrected chi connectivity index (χ0v) is 18.1. The second-order valence-corrected chi connectivity index (χ2v) is 9.94. The van der Waals surface area contributed by atoms with Crippen molar-refractivity contribution in [3.05, 3.63) is 11.6 Å². The summed E-state index contributed by atoms with van der Waals surface area (Å²) in [5.74, 6) is 0. The third kappa shape index (κ3) is 13.9. The van der Waals surface area contributed by atoms with Gasteiger partial charge in [-0.3, -0.25) is 9.05 Å². The van der Waals surface area contributed by atoms with E-state index in [0.717, 1.165) is 19.3 Å². The van der Waals surface area contributed by atoms with Crippen LogP contribution in [0.2, 0.25) is 0 Å². The van der Waals surface area contributed by atoms with E-state index in [1.807, 2.05) is 21.1 Å². The molecule has 0 radical (unpaired) electrons. The number of hydrogen-bond acceptors (Lipinski definition) is 3. The van der Waals surface area contributed by atoms with Crippen LogP contribution in [0, 0.1) is 0 Å². The van der Waals surface area contributed by atoms with Gasteiger partial charge in [-0.15, -0.1) is 0 Å². The zero-order valence-electron chi connectivity index (χ0n) is 17.3. The molecule has 0 saturated heterocycles. The van der Waals surface area contributed by atoms with E-state index in [0.29, 0.717) is 11.0 Å². The largest absolute Gasteiger partial charge is 0.472 e. The van der Waals surface area contributed by atoms with Gasteiger partial charge in [-0.1, -0.05) is 43.8 Å². The normalized spacial score (nSPS) is 19.8. The minimum atomic E-state index is -3.90. The highest BCUT2D eigenvalue weighted by Gasteiger charge is 2.21. The molecule has 1 rings (SSSR count). The predicted octanol–water partition coefficient (Wildman–Crippen LogP) is 5.45. The molecule has 0 heterocycles. The summed E-state index contributed by atoms with van der Waals surface area (Å²) < 4.78 is 22.6. The van der Waals surface area contributed by atoms with Crippen LogP contribution in [0.25, 0.3) is 0 Å². The number of phosphoric acid groups is 1. The lowest BCUT2D eigenvalue weighted by atomic mass is 9.96. The molecule has 1 atom stereocenters. The Labute approximate surface area is 161 Å². The predicted molar refractivity (Wildman–Crippen MR) is 108 cm³/mol. The Bertz CT molecular complexity index is 434. The van der Waals surface area contributed by atoms with E-state index >= 15 is 0 Å². The summed E-state index contributed by atoms with van der Waals surface area (Å²) in [6.45, 7) is 1.17. The van der Waals surface area contributed by atoms with Crippen LogP contribution in [-0.2, 0) is 13.6 Å². The number of likely N-dealkylation sites (N-methyl/N-ethyl adjacent to an activating group) is 1. The van der Waals surface area contributed by atoms with Crippen LogP contribution < -0.4 is 0 Å². The Hall–Kier alpha value is -0.190. The molecule has 0 aromatic rings. The molecule has 26 heavy (non-hydrogen) atoms. The maximum Gasteiger partial charge on any atom is 0.472 e. The first-order chi connectivity index (χ1) is 12.3. The molecule has 1 aliphatic carbocycles. The SMILES string of the molecule is C[N+](C)(C)CCOP(=O)(O)OCCCCC=C1CCCCCCCCC1. The standard InChI is InChI=1S/C20H40NO4P/c1-21(2,3)17-19-25-26(22,23)24-18-13-9-12-16-20-14-10-7-5-4-6-8-11-15-20/h16H,4-15,17-19H2,1-3H3/p+1. The number of allylic oxidation sites excluding steroid dienone is 2. The molecule has 0 bridgehead atoms. The van der Waals surface area contributed by atoms with E-state index in [2.05, 4.69) is 6.08 Å². The topological polar surface area (TPSA) is 55.8 Å². The van der Waals surface area contributed by atoms with Crippen molar-refractivity contribution in [1.29, 1.82) is 0 Å². The van der Waals surface area contributed by atoms with Crippen LogP contribution in [0.1, 0.15) is 77.0 Å². The molecular weight excluding hydrogens is 349 g/mol. The van der Waals surface area contributed by atoms with E-state index in [9.17, 15) is 9.46 Å². The minimum Gasteiger partial charge on any atom is -0.329 e. The van der Waals surface area contributed by atoms with E-state index in [1.54, 1.807) is 5.57 Å². The molecular formula is C20H41NO4P+. The highest BCUT2D eigenvalue weighted by Crippen LogP contribution is 2.43. The molecule has 1 fully saturated rings. The summed E-state index contributed by atoms with van der Waals surface area (Å²) in [6.07, 6.45) is 17.3. The minimum absolute atomic E-state index is 0.226. The number of nitrogens with zero attached hydrogens (tertiary/aromatic N) is 1. The first-order valence-electron chi connectivity index (χ1n) is 10.4. The van der Waals surface area contributed by atoms with Crippen molar-refractivity contribution in [1.82, 2.24) is 0 Å². The fourth-order valence-electron chi connectivity index (χ4n) is 3.12. The van der Waals surface area contributed by atoms with Crippen LogP contribution in [0.4, 0.5) is 0 Å². The van der Waals surface area contributed by atoms with Crippen LogP contribution in [-0.4, -0.2) is 50.3 Å². The van der Waals surface area contributed by atoms with Crippen LogP contribution in [0.15, 0.2) is 11.6 Å². The van der Waals surface area contributed by atoms with Gasteiger partial charge in [-0.25, -0.2) is 4.57 Å². The van der Waals surface area contributed by atoms with Crippen LogP contribution in [0.5, 0.6) is 0 Å². The molecule has 1 N–H and O–H groups in total. The fourth-order valence-corrected chi connectivity index (χ4v) is 3.86. The molecule has 6 heteroatoms. The number of quaternary nitrogens is 1. The Morgan fingerprint density at radius 3 is 2.04 bits per heavy atom. The van der Waals surface area contributed by atoms with Gasteiger partial charge in [0, 0.05) is 0 Å². The molecule has 0 aromatic carbocycles. The highest BCUT2D eigenvalue weighted by molar-refractivity contribution is 7.47. The maximum absolute atomic E-state index is 11.8. The first-order valence-corrected chi connectivity index (χ1v) is 11.9. The van der Waals surface area contributed by atoms with Crippen molar-refractivity contribution in [2.75, 3.05) is 40.9 Å².